The van der Waals surface area contributed by atoms with E-state index in [0.717, 1.165) is 0 Å². The number of rotatable bonds is 8. The first-order chi connectivity index (χ1) is 14.3. The van der Waals surface area contributed by atoms with Gasteiger partial charge < -0.3 is 24.3 Å². The third-order valence-electron chi connectivity index (χ3n) is 4.48. The quantitative estimate of drug-likeness (QED) is 0.509. The summed E-state index contributed by atoms with van der Waals surface area (Å²) < 4.78 is 21.0. The van der Waals surface area contributed by atoms with E-state index < -0.39 is 23.8 Å². The Labute approximate surface area is 175 Å². The van der Waals surface area contributed by atoms with Crippen LogP contribution < -0.4 is 10.1 Å². The third kappa shape index (κ3) is 5.20. The minimum Gasteiger partial charge on any atom is -0.497 e. The summed E-state index contributed by atoms with van der Waals surface area (Å²) in [6.07, 6.45) is 0. The lowest BCUT2D eigenvalue weighted by atomic mass is 9.80. The fourth-order valence-corrected chi connectivity index (χ4v) is 3.27. The molecule has 30 heavy (non-hydrogen) atoms. The molecule has 0 saturated heterocycles. The Morgan fingerprint density at radius 2 is 1.63 bits per heavy atom. The zero-order valence-corrected chi connectivity index (χ0v) is 17.9. The van der Waals surface area contributed by atoms with Crippen molar-refractivity contribution < 1.29 is 33.3 Å². The van der Waals surface area contributed by atoms with Crippen LogP contribution in [0.5, 0.6) is 5.75 Å². The van der Waals surface area contributed by atoms with Crippen molar-refractivity contribution in [3.8, 4) is 5.75 Å². The van der Waals surface area contributed by atoms with Gasteiger partial charge in [0.2, 0.25) is 0 Å². The van der Waals surface area contributed by atoms with Crippen molar-refractivity contribution in [2.45, 2.75) is 33.6 Å². The Bertz CT molecular complexity index is 885. The first kappa shape index (κ1) is 23.0. The van der Waals surface area contributed by atoms with E-state index in [-0.39, 0.29) is 31.0 Å². The number of methoxy groups -OCH3 is 1. The minimum atomic E-state index is -0.787. The Morgan fingerprint density at radius 3 is 2.20 bits per heavy atom. The predicted octanol–water partition coefficient (Wildman–Crippen LogP) is 2.60. The number of hydrogen-bond donors (Lipinski definition) is 1. The van der Waals surface area contributed by atoms with Gasteiger partial charge in [0, 0.05) is 12.6 Å². The lowest BCUT2D eigenvalue weighted by molar-refractivity contribution is -0.142. The molecule has 1 atom stereocenters. The molecule has 0 aromatic heterocycles. The third-order valence-corrected chi connectivity index (χ3v) is 4.48. The molecule has 1 heterocycles. The van der Waals surface area contributed by atoms with Gasteiger partial charge in [0.25, 0.3) is 0 Å². The second-order valence-electron chi connectivity index (χ2n) is 6.49. The number of hydrogen-bond acceptors (Lipinski definition) is 8. The van der Waals surface area contributed by atoms with Crippen LogP contribution in [0.1, 0.15) is 39.2 Å². The van der Waals surface area contributed by atoms with Crippen molar-refractivity contribution in [2.24, 2.45) is 0 Å². The molecule has 162 valence electrons. The maximum atomic E-state index is 13.0. The highest BCUT2D eigenvalue weighted by Gasteiger charge is 2.39. The second-order valence-corrected chi connectivity index (χ2v) is 6.49. The molecule has 2 rings (SSSR count). The monoisotopic (exact) mass is 417 g/mol. The van der Waals surface area contributed by atoms with E-state index in [0.29, 0.717) is 22.7 Å². The molecule has 8 heteroatoms. The number of allylic oxidation sites excluding steroid dienone is 1. The molecule has 0 radical (unpaired) electrons. The Morgan fingerprint density at radius 1 is 1.00 bits per heavy atom. The van der Waals surface area contributed by atoms with Gasteiger partial charge in [0.05, 0.1) is 43.1 Å². The topological polar surface area (TPSA) is 100 Å². The van der Waals surface area contributed by atoms with Crippen LogP contribution in [-0.2, 0) is 28.6 Å². The van der Waals surface area contributed by atoms with Crippen LogP contribution in [0.25, 0.3) is 0 Å². The van der Waals surface area contributed by atoms with Gasteiger partial charge in [-0.1, -0.05) is 12.1 Å². The zero-order chi connectivity index (χ0) is 22.3. The summed E-state index contributed by atoms with van der Waals surface area (Å²) in [5.74, 6) is -1.89. The standard InChI is InChI=1S/C22H27NO7/c1-6-28-21(25)18-13(3)23-17(12-30-14(4)24)20(22(26)29-7-2)19(18)15-9-8-10-16(11-15)27-5/h8-11,19,23H,6-7,12H2,1-5H3. The van der Waals surface area contributed by atoms with Gasteiger partial charge in [-0.25, -0.2) is 9.59 Å². The predicted molar refractivity (Wildman–Crippen MR) is 108 cm³/mol. The van der Waals surface area contributed by atoms with Gasteiger partial charge in [0.1, 0.15) is 12.4 Å². The fourth-order valence-electron chi connectivity index (χ4n) is 3.27. The Balaban J connectivity index is 2.71. The highest BCUT2D eigenvalue weighted by Crippen LogP contribution is 2.40. The van der Waals surface area contributed by atoms with Gasteiger partial charge in [-0.05, 0) is 38.5 Å². The average Bonchev–Trinajstić information content (AvgIpc) is 2.71. The second kappa shape index (κ2) is 10.5. The van der Waals surface area contributed by atoms with Crippen molar-refractivity contribution in [2.75, 3.05) is 26.9 Å². The number of dihydropyridines is 1. The number of carbonyl (C=O) groups is 3. The normalized spacial score (nSPS) is 16.0. The zero-order valence-electron chi connectivity index (χ0n) is 17.9. The smallest absolute Gasteiger partial charge is 0.336 e. The van der Waals surface area contributed by atoms with Crippen molar-refractivity contribution in [3.63, 3.8) is 0 Å². The number of ether oxygens (including phenoxy) is 4. The van der Waals surface area contributed by atoms with E-state index in [2.05, 4.69) is 5.32 Å². The van der Waals surface area contributed by atoms with Gasteiger partial charge in [-0.2, -0.15) is 0 Å². The summed E-state index contributed by atoms with van der Waals surface area (Å²) in [5.41, 5.74) is 1.94. The SMILES string of the molecule is CCOC(=O)C1=C(C)NC(COC(C)=O)=C(C(=O)OCC)C1c1cccc(OC)c1. The molecular weight excluding hydrogens is 390 g/mol. The highest BCUT2D eigenvalue weighted by molar-refractivity contribution is 6.00. The van der Waals surface area contributed by atoms with E-state index in [1.807, 2.05) is 0 Å². The van der Waals surface area contributed by atoms with Crippen LogP contribution in [0.4, 0.5) is 0 Å². The molecule has 1 aliphatic heterocycles. The van der Waals surface area contributed by atoms with Crippen molar-refractivity contribution in [1.82, 2.24) is 5.32 Å². The molecule has 0 saturated carbocycles. The van der Waals surface area contributed by atoms with Crippen LogP contribution in [0.2, 0.25) is 0 Å². The summed E-state index contributed by atoms with van der Waals surface area (Å²) >= 11 is 0. The fraction of sp³-hybridized carbons (Fsp3) is 0.409. The van der Waals surface area contributed by atoms with E-state index in [1.165, 1.54) is 14.0 Å². The number of benzene rings is 1. The maximum Gasteiger partial charge on any atom is 0.336 e. The first-order valence-electron chi connectivity index (χ1n) is 9.66. The van der Waals surface area contributed by atoms with Crippen molar-refractivity contribution in [3.05, 3.63) is 52.4 Å². The van der Waals surface area contributed by atoms with Gasteiger partial charge in [-0.15, -0.1) is 0 Å². The van der Waals surface area contributed by atoms with Crippen LogP contribution in [0.15, 0.2) is 46.8 Å². The van der Waals surface area contributed by atoms with E-state index in [4.69, 9.17) is 18.9 Å². The van der Waals surface area contributed by atoms with E-state index >= 15 is 0 Å². The van der Waals surface area contributed by atoms with Crippen LogP contribution in [0.3, 0.4) is 0 Å². The summed E-state index contributed by atoms with van der Waals surface area (Å²) in [7, 11) is 1.53. The molecule has 1 unspecified atom stereocenters. The largest absolute Gasteiger partial charge is 0.497 e. The molecule has 0 spiro atoms. The van der Waals surface area contributed by atoms with Gasteiger partial charge >= 0.3 is 17.9 Å². The van der Waals surface area contributed by atoms with Crippen LogP contribution >= 0.6 is 0 Å². The summed E-state index contributed by atoms with van der Waals surface area (Å²) in [6.45, 7) is 6.53. The molecule has 0 amide bonds. The number of esters is 3. The lowest BCUT2D eigenvalue weighted by Gasteiger charge is -2.31. The summed E-state index contributed by atoms with van der Waals surface area (Å²) in [6, 6.07) is 7.06. The molecule has 0 bridgehead atoms. The number of nitrogens with one attached hydrogen (secondary N) is 1. The van der Waals surface area contributed by atoms with Gasteiger partial charge in [0.15, 0.2) is 0 Å². The molecule has 1 aromatic carbocycles. The van der Waals surface area contributed by atoms with Crippen molar-refractivity contribution in [1.29, 1.82) is 0 Å². The molecule has 0 fully saturated rings. The van der Waals surface area contributed by atoms with Crippen molar-refractivity contribution >= 4 is 17.9 Å². The molecule has 8 nitrogen and oxygen atoms in total. The highest BCUT2D eigenvalue weighted by atomic mass is 16.5. The number of carbonyl (C=O) groups excluding carboxylic acids is 3. The van der Waals surface area contributed by atoms with Crippen LogP contribution in [0, 0.1) is 0 Å². The van der Waals surface area contributed by atoms with Gasteiger partial charge in [-0.3, -0.25) is 4.79 Å². The molecular formula is C22H27NO7. The lowest BCUT2D eigenvalue weighted by Crippen LogP contribution is -2.35. The molecule has 1 aromatic rings. The van der Waals surface area contributed by atoms with E-state index in [9.17, 15) is 14.4 Å². The van der Waals surface area contributed by atoms with Crippen LogP contribution in [-0.4, -0.2) is 44.8 Å². The molecule has 1 N–H and O–H groups in total. The molecule has 0 aliphatic carbocycles. The summed E-state index contributed by atoms with van der Waals surface area (Å²) in [4.78, 5) is 37.2. The first-order valence-corrected chi connectivity index (χ1v) is 9.66. The molecule has 1 aliphatic rings. The Kier molecular flexibility index (Phi) is 8.03. The average molecular weight is 417 g/mol. The maximum absolute atomic E-state index is 13.0. The minimum absolute atomic E-state index is 0.144. The van der Waals surface area contributed by atoms with E-state index in [1.54, 1.807) is 45.0 Å². The Hall–Kier alpha value is -3.29. The summed E-state index contributed by atoms with van der Waals surface area (Å²) in [5, 5.41) is 3.03.